The van der Waals surface area contributed by atoms with Crippen LogP contribution < -0.4 is 9.64 Å². The van der Waals surface area contributed by atoms with Crippen molar-refractivity contribution in [2.24, 2.45) is 0 Å². The zero-order valence-electron chi connectivity index (χ0n) is 14.7. The number of ether oxygens (including phenoxy) is 1. The van der Waals surface area contributed by atoms with Crippen LogP contribution in [0.25, 0.3) is 0 Å². The predicted molar refractivity (Wildman–Crippen MR) is 94.7 cm³/mol. The van der Waals surface area contributed by atoms with Crippen molar-refractivity contribution >= 4 is 17.5 Å². The smallest absolute Gasteiger partial charge is 0.251 e. The number of methoxy groups -OCH3 is 1. The molecule has 0 radical (unpaired) electrons. The summed E-state index contributed by atoms with van der Waals surface area (Å²) in [7, 11) is 1.64. The van der Waals surface area contributed by atoms with Crippen molar-refractivity contribution in [1.82, 2.24) is 4.90 Å². The number of likely N-dealkylation sites (tertiary alicyclic amines) is 1. The van der Waals surface area contributed by atoms with Crippen molar-refractivity contribution in [3.05, 3.63) is 23.8 Å². The van der Waals surface area contributed by atoms with Crippen LogP contribution in [-0.4, -0.2) is 54.7 Å². The van der Waals surface area contributed by atoms with E-state index in [2.05, 4.69) is 0 Å². The van der Waals surface area contributed by atoms with E-state index in [9.17, 15) is 14.7 Å². The van der Waals surface area contributed by atoms with Crippen LogP contribution >= 0.6 is 0 Å². The highest BCUT2D eigenvalue weighted by atomic mass is 16.5. The molecule has 1 saturated heterocycles. The number of aliphatic hydroxyl groups is 1. The third kappa shape index (κ3) is 3.95. The number of nitrogens with zero attached hydrogens (tertiary/aromatic N) is 2. The highest BCUT2D eigenvalue weighted by Gasteiger charge is 2.29. The first-order valence-electron chi connectivity index (χ1n) is 9.04. The molecule has 1 unspecified atom stereocenters. The van der Waals surface area contributed by atoms with Gasteiger partial charge in [-0.25, -0.2) is 0 Å². The van der Waals surface area contributed by atoms with E-state index < -0.39 is 6.10 Å². The Labute approximate surface area is 148 Å². The van der Waals surface area contributed by atoms with E-state index >= 15 is 0 Å². The predicted octanol–water partition coefficient (Wildman–Crippen LogP) is 1.74. The van der Waals surface area contributed by atoms with Crippen molar-refractivity contribution in [1.29, 1.82) is 0 Å². The highest BCUT2D eigenvalue weighted by molar-refractivity contribution is 5.98. The first-order chi connectivity index (χ1) is 12.1. The zero-order chi connectivity index (χ0) is 17.8. The molecule has 0 spiro atoms. The third-order valence-electron chi connectivity index (χ3n) is 5.03. The fourth-order valence-corrected chi connectivity index (χ4v) is 3.61. The molecule has 0 aromatic heterocycles. The third-order valence-corrected chi connectivity index (χ3v) is 5.03. The van der Waals surface area contributed by atoms with Crippen LogP contribution in [0.2, 0.25) is 0 Å². The molecule has 1 atom stereocenters. The van der Waals surface area contributed by atoms with Crippen molar-refractivity contribution in [2.75, 3.05) is 31.6 Å². The molecule has 0 saturated carbocycles. The Morgan fingerprint density at radius 1 is 1.24 bits per heavy atom. The van der Waals surface area contributed by atoms with Crippen LogP contribution in [0.3, 0.4) is 0 Å². The summed E-state index contributed by atoms with van der Waals surface area (Å²) < 4.78 is 5.29. The van der Waals surface area contributed by atoms with E-state index in [0.717, 1.165) is 49.1 Å². The van der Waals surface area contributed by atoms with Crippen LogP contribution in [0.4, 0.5) is 5.69 Å². The van der Waals surface area contributed by atoms with Gasteiger partial charge in [-0.2, -0.15) is 0 Å². The van der Waals surface area contributed by atoms with Gasteiger partial charge < -0.3 is 19.6 Å². The van der Waals surface area contributed by atoms with E-state index in [-0.39, 0.29) is 18.4 Å². The molecular weight excluding hydrogens is 320 g/mol. The second kappa shape index (κ2) is 7.87. The van der Waals surface area contributed by atoms with Crippen LogP contribution in [-0.2, 0) is 16.0 Å². The number of hydrogen-bond donors (Lipinski definition) is 1. The number of hydrogen-bond acceptors (Lipinski definition) is 4. The lowest BCUT2D eigenvalue weighted by Gasteiger charge is -2.28. The summed E-state index contributed by atoms with van der Waals surface area (Å²) in [6.45, 7) is 1.22. The molecular formula is C19H26N2O4. The Morgan fingerprint density at radius 2 is 2.04 bits per heavy atom. The molecule has 2 amide bonds. The van der Waals surface area contributed by atoms with Gasteiger partial charge in [0.2, 0.25) is 5.91 Å². The SMILES string of the molecule is COc1ccc2c(c1)CCCCN2C(=O)CN1CCCCC(O)C1=O. The summed E-state index contributed by atoms with van der Waals surface area (Å²) in [5, 5.41) is 9.88. The molecule has 1 aromatic rings. The number of fused-ring (bicyclic) bond motifs is 1. The summed E-state index contributed by atoms with van der Waals surface area (Å²) >= 11 is 0. The van der Waals surface area contributed by atoms with Gasteiger partial charge in [-0.3, -0.25) is 9.59 Å². The Kier molecular flexibility index (Phi) is 5.58. The summed E-state index contributed by atoms with van der Waals surface area (Å²) in [6.07, 6.45) is 4.00. The molecule has 6 heteroatoms. The average molecular weight is 346 g/mol. The van der Waals surface area contributed by atoms with Crippen molar-refractivity contribution < 1.29 is 19.4 Å². The molecule has 2 heterocycles. The molecule has 0 bridgehead atoms. The fourth-order valence-electron chi connectivity index (χ4n) is 3.61. The molecule has 6 nitrogen and oxygen atoms in total. The van der Waals surface area contributed by atoms with E-state index in [1.165, 1.54) is 4.90 Å². The summed E-state index contributed by atoms with van der Waals surface area (Å²) in [5.74, 6) is 0.380. The number of rotatable bonds is 3. The molecule has 2 aliphatic rings. The van der Waals surface area contributed by atoms with Gasteiger partial charge in [0.05, 0.1) is 7.11 Å². The maximum atomic E-state index is 12.9. The largest absolute Gasteiger partial charge is 0.497 e. The highest BCUT2D eigenvalue weighted by Crippen LogP contribution is 2.30. The van der Waals surface area contributed by atoms with Crippen LogP contribution in [0.1, 0.15) is 37.7 Å². The Bertz CT molecular complexity index is 646. The van der Waals surface area contributed by atoms with E-state index in [4.69, 9.17) is 4.74 Å². The van der Waals surface area contributed by atoms with Crippen LogP contribution in [0.15, 0.2) is 18.2 Å². The molecule has 1 aromatic carbocycles. The monoisotopic (exact) mass is 346 g/mol. The molecule has 1 N–H and O–H groups in total. The minimum atomic E-state index is -0.976. The lowest BCUT2D eigenvalue weighted by Crippen LogP contribution is -2.46. The molecule has 0 aliphatic carbocycles. The second-order valence-electron chi connectivity index (χ2n) is 6.77. The van der Waals surface area contributed by atoms with Gasteiger partial charge in [-0.1, -0.05) is 0 Å². The van der Waals surface area contributed by atoms with Gasteiger partial charge in [0, 0.05) is 18.8 Å². The first kappa shape index (κ1) is 17.7. The van der Waals surface area contributed by atoms with E-state index in [1.807, 2.05) is 18.2 Å². The van der Waals surface area contributed by atoms with E-state index in [0.29, 0.717) is 19.5 Å². The number of anilines is 1. The maximum absolute atomic E-state index is 12.9. The molecule has 1 fully saturated rings. The minimum Gasteiger partial charge on any atom is -0.497 e. The number of aliphatic hydroxyl groups excluding tert-OH is 1. The first-order valence-corrected chi connectivity index (χ1v) is 9.04. The number of carbonyl (C=O) groups excluding carboxylic acids is 2. The molecule has 3 rings (SSSR count). The topological polar surface area (TPSA) is 70.1 Å². The van der Waals surface area contributed by atoms with Gasteiger partial charge in [0.1, 0.15) is 18.4 Å². The van der Waals surface area contributed by atoms with Crippen LogP contribution in [0.5, 0.6) is 5.75 Å². The number of amides is 2. The lowest BCUT2D eigenvalue weighted by atomic mass is 10.1. The summed E-state index contributed by atoms with van der Waals surface area (Å²) in [5.41, 5.74) is 2.01. The van der Waals surface area contributed by atoms with Gasteiger partial charge in [0.15, 0.2) is 0 Å². The number of aryl methyl sites for hydroxylation is 1. The summed E-state index contributed by atoms with van der Waals surface area (Å²) in [4.78, 5) is 28.5. The van der Waals surface area contributed by atoms with Gasteiger partial charge in [0.25, 0.3) is 5.91 Å². The molecule has 2 aliphatic heterocycles. The Balaban J connectivity index is 1.79. The number of benzene rings is 1. The molecule has 136 valence electrons. The maximum Gasteiger partial charge on any atom is 0.251 e. The van der Waals surface area contributed by atoms with Gasteiger partial charge in [-0.05, 0) is 62.3 Å². The van der Waals surface area contributed by atoms with Crippen molar-refractivity contribution in [3.63, 3.8) is 0 Å². The van der Waals surface area contributed by atoms with Gasteiger partial charge >= 0.3 is 0 Å². The zero-order valence-corrected chi connectivity index (χ0v) is 14.7. The van der Waals surface area contributed by atoms with Gasteiger partial charge in [-0.15, -0.1) is 0 Å². The Hall–Kier alpha value is -2.08. The standard InChI is InChI=1S/C19H26N2O4/c1-25-15-8-9-16-14(12-15)6-2-5-11-21(16)18(23)13-20-10-4-3-7-17(22)19(20)24/h8-9,12,17,22H,2-7,10-11,13H2,1H3. The molecule has 25 heavy (non-hydrogen) atoms. The second-order valence-corrected chi connectivity index (χ2v) is 6.77. The van der Waals surface area contributed by atoms with E-state index in [1.54, 1.807) is 12.0 Å². The number of carbonyl (C=O) groups is 2. The van der Waals surface area contributed by atoms with Crippen molar-refractivity contribution in [3.8, 4) is 5.75 Å². The Morgan fingerprint density at radius 3 is 2.84 bits per heavy atom. The normalized spacial score (nSPS) is 21.4. The minimum absolute atomic E-state index is 0.0291. The van der Waals surface area contributed by atoms with Crippen LogP contribution in [0, 0.1) is 0 Å². The fraction of sp³-hybridized carbons (Fsp3) is 0.579. The lowest BCUT2D eigenvalue weighted by molar-refractivity contribution is -0.142. The van der Waals surface area contributed by atoms with Crippen molar-refractivity contribution in [2.45, 2.75) is 44.6 Å². The summed E-state index contributed by atoms with van der Waals surface area (Å²) in [6, 6.07) is 5.78. The quantitative estimate of drug-likeness (QED) is 0.905. The average Bonchev–Trinajstić information content (AvgIpc) is 2.92.